The van der Waals surface area contributed by atoms with Crippen molar-refractivity contribution < 1.29 is 19.4 Å². The Hall–Kier alpha value is -1.88. The van der Waals surface area contributed by atoms with E-state index in [-0.39, 0.29) is 5.78 Å². The number of carbonyl (C=O) groups excluding carboxylic acids is 2. The Morgan fingerprint density at radius 3 is 2.18 bits per heavy atom. The maximum Gasteiger partial charge on any atom is 0.408 e. The number of ether oxygens (including phenoxy) is 1. The number of rotatable bonds is 5. The molecule has 1 amide bonds. The highest BCUT2D eigenvalue weighted by Crippen LogP contribution is 2.23. The van der Waals surface area contributed by atoms with Gasteiger partial charge in [0.1, 0.15) is 11.4 Å². The highest BCUT2D eigenvalue weighted by Gasteiger charge is 2.31. The van der Waals surface area contributed by atoms with Gasteiger partial charge in [-0.3, -0.25) is 4.79 Å². The number of aliphatic hydroxyl groups excluding tert-OH is 1. The Morgan fingerprint density at radius 2 is 1.73 bits per heavy atom. The second-order valence-electron chi connectivity index (χ2n) is 6.42. The summed E-state index contributed by atoms with van der Waals surface area (Å²) in [5, 5.41) is 13.1. The summed E-state index contributed by atoms with van der Waals surface area (Å²) in [4.78, 5) is 23.5. The summed E-state index contributed by atoms with van der Waals surface area (Å²) in [5.74, 6) is -0.737. The summed E-state index contributed by atoms with van der Waals surface area (Å²) < 4.78 is 5.23. The molecule has 3 atom stereocenters. The van der Waals surface area contributed by atoms with Crippen molar-refractivity contribution in [2.24, 2.45) is 5.92 Å². The number of alkyl carbamates (subject to hydrolysis) is 1. The van der Waals surface area contributed by atoms with Crippen molar-refractivity contribution >= 4 is 11.9 Å². The van der Waals surface area contributed by atoms with Crippen LogP contribution in [0.3, 0.4) is 0 Å². The molecule has 1 aromatic carbocycles. The minimum absolute atomic E-state index is 0.139. The zero-order chi connectivity index (χ0) is 16.9. The number of ketones is 1. The van der Waals surface area contributed by atoms with E-state index in [4.69, 9.17) is 4.74 Å². The second-order valence-corrected chi connectivity index (χ2v) is 6.42. The van der Waals surface area contributed by atoms with Gasteiger partial charge in [-0.25, -0.2) is 4.79 Å². The number of hydrogen-bond acceptors (Lipinski definition) is 4. The quantitative estimate of drug-likeness (QED) is 0.877. The summed E-state index contributed by atoms with van der Waals surface area (Å²) in [6.07, 6.45) is -1.66. The average Bonchev–Trinajstić information content (AvgIpc) is 2.42. The van der Waals surface area contributed by atoms with Crippen molar-refractivity contribution in [3.63, 3.8) is 0 Å². The van der Waals surface area contributed by atoms with Gasteiger partial charge in [-0.1, -0.05) is 37.3 Å². The van der Waals surface area contributed by atoms with Crippen molar-refractivity contribution in [1.82, 2.24) is 5.32 Å². The first kappa shape index (κ1) is 18.2. The Labute approximate surface area is 131 Å². The van der Waals surface area contributed by atoms with Crippen LogP contribution in [0.4, 0.5) is 4.79 Å². The van der Waals surface area contributed by atoms with Crippen LogP contribution >= 0.6 is 0 Å². The highest BCUT2D eigenvalue weighted by atomic mass is 16.6. The lowest BCUT2D eigenvalue weighted by Gasteiger charge is -2.29. The molecule has 0 aliphatic rings. The Balaban J connectivity index is 2.98. The Morgan fingerprint density at radius 1 is 1.18 bits per heavy atom. The number of amides is 1. The Bertz CT molecular complexity index is 507. The SMILES string of the molecule is CC(=O)[C@@H](C)[C@H](O)[C@@H](NC(=O)OC(C)(C)C)c1ccccc1. The predicted molar refractivity (Wildman–Crippen MR) is 84.4 cm³/mol. The number of aliphatic hydroxyl groups is 1. The molecule has 0 bridgehead atoms. The average molecular weight is 307 g/mol. The fourth-order valence-electron chi connectivity index (χ4n) is 1.99. The number of benzene rings is 1. The normalized spacial score (nSPS) is 15.5. The molecule has 0 spiro atoms. The standard InChI is InChI=1S/C17H25NO4/c1-11(12(2)19)15(20)14(13-9-7-6-8-10-13)18-16(21)22-17(3,4)5/h6-11,14-15,20H,1-5H3,(H,18,21)/t11-,14+,15+/m1/s1. The number of Topliss-reactive ketones (excluding diaryl/α,β-unsaturated/α-hetero) is 1. The van der Waals surface area contributed by atoms with E-state index in [2.05, 4.69) is 5.32 Å². The molecule has 0 saturated carbocycles. The van der Waals surface area contributed by atoms with Crippen LogP contribution < -0.4 is 5.32 Å². The van der Waals surface area contributed by atoms with Crippen LogP contribution in [0.15, 0.2) is 30.3 Å². The molecule has 0 aliphatic heterocycles. The van der Waals surface area contributed by atoms with E-state index in [9.17, 15) is 14.7 Å². The van der Waals surface area contributed by atoms with Gasteiger partial charge >= 0.3 is 6.09 Å². The molecule has 0 fully saturated rings. The van der Waals surface area contributed by atoms with E-state index in [1.54, 1.807) is 39.8 Å². The van der Waals surface area contributed by atoms with Gasteiger partial charge < -0.3 is 15.2 Å². The molecular weight excluding hydrogens is 282 g/mol. The first-order valence-electron chi connectivity index (χ1n) is 7.35. The summed E-state index contributed by atoms with van der Waals surface area (Å²) >= 11 is 0. The zero-order valence-electron chi connectivity index (χ0n) is 13.8. The van der Waals surface area contributed by atoms with Gasteiger partial charge in [0.05, 0.1) is 12.1 Å². The fraction of sp³-hybridized carbons (Fsp3) is 0.529. The molecule has 0 radical (unpaired) electrons. The molecule has 0 aliphatic carbocycles. The summed E-state index contributed by atoms with van der Waals surface area (Å²) in [6.45, 7) is 8.35. The zero-order valence-corrected chi connectivity index (χ0v) is 13.8. The molecule has 22 heavy (non-hydrogen) atoms. The van der Waals surface area contributed by atoms with Crippen LogP contribution in [0, 0.1) is 5.92 Å². The van der Waals surface area contributed by atoms with Gasteiger partial charge in [0.2, 0.25) is 0 Å². The smallest absolute Gasteiger partial charge is 0.408 e. The highest BCUT2D eigenvalue weighted by molar-refractivity contribution is 5.78. The van der Waals surface area contributed by atoms with Crippen LogP contribution in [0.25, 0.3) is 0 Å². The summed E-state index contributed by atoms with van der Waals surface area (Å²) in [7, 11) is 0. The third kappa shape index (κ3) is 5.48. The number of carbonyl (C=O) groups is 2. The molecule has 1 rings (SSSR count). The largest absolute Gasteiger partial charge is 0.444 e. The van der Waals surface area contributed by atoms with Crippen LogP contribution in [-0.2, 0) is 9.53 Å². The van der Waals surface area contributed by atoms with Gasteiger partial charge in [-0.2, -0.15) is 0 Å². The maximum atomic E-state index is 12.0. The monoisotopic (exact) mass is 307 g/mol. The molecule has 0 heterocycles. The summed E-state index contributed by atoms with van der Waals surface area (Å²) in [5.41, 5.74) is 0.0802. The maximum absolute atomic E-state index is 12.0. The lowest BCUT2D eigenvalue weighted by atomic mass is 9.90. The van der Waals surface area contributed by atoms with Gasteiger partial charge in [0, 0.05) is 5.92 Å². The number of nitrogens with one attached hydrogen (secondary N) is 1. The first-order valence-corrected chi connectivity index (χ1v) is 7.35. The van der Waals surface area contributed by atoms with Crippen molar-refractivity contribution in [2.75, 3.05) is 0 Å². The first-order chi connectivity index (χ1) is 10.1. The summed E-state index contributed by atoms with van der Waals surface area (Å²) in [6, 6.07) is 8.33. The third-order valence-corrected chi connectivity index (χ3v) is 3.33. The second kappa shape index (κ2) is 7.40. The van der Waals surface area contributed by atoms with Gasteiger partial charge in [0.15, 0.2) is 0 Å². The number of hydrogen-bond donors (Lipinski definition) is 2. The molecule has 0 unspecified atom stereocenters. The topological polar surface area (TPSA) is 75.6 Å². The van der Waals surface area contributed by atoms with Crippen LogP contribution in [0.1, 0.15) is 46.2 Å². The van der Waals surface area contributed by atoms with Gasteiger partial charge in [-0.05, 0) is 33.3 Å². The van der Waals surface area contributed by atoms with Crippen LogP contribution in [0.2, 0.25) is 0 Å². The van der Waals surface area contributed by atoms with E-state index in [1.807, 2.05) is 18.2 Å². The minimum atomic E-state index is -1.03. The molecule has 5 nitrogen and oxygen atoms in total. The van der Waals surface area contributed by atoms with Crippen LogP contribution in [0.5, 0.6) is 0 Å². The molecule has 5 heteroatoms. The van der Waals surface area contributed by atoms with E-state index in [0.717, 1.165) is 0 Å². The predicted octanol–water partition coefficient (Wildman–Crippen LogP) is 2.84. The van der Waals surface area contributed by atoms with E-state index in [0.29, 0.717) is 5.56 Å². The van der Waals surface area contributed by atoms with Crippen LogP contribution in [-0.4, -0.2) is 28.7 Å². The third-order valence-electron chi connectivity index (χ3n) is 3.33. The lowest BCUT2D eigenvalue weighted by molar-refractivity contribution is -0.124. The Kier molecular flexibility index (Phi) is 6.11. The fourth-order valence-corrected chi connectivity index (χ4v) is 1.99. The lowest BCUT2D eigenvalue weighted by Crippen LogP contribution is -2.43. The minimum Gasteiger partial charge on any atom is -0.444 e. The van der Waals surface area contributed by atoms with Crippen molar-refractivity contribution in [3.05, 3.63) is 35.9 Å². The van der Waals surface area contributed by atoms with Crippen molar-refractivity contribution in [1.29, 1.82) is 0 Å². The molecule has 0 saturated heterocycles. The van der Waals surface area contributed by atoms with Crippen molar-refractivity contribution in [2.45, 2.75) is 52.4 Å². The molecule has 122 valence electrons. The molecule has 0 aromatic heterocycles. The molecule has 1 aromatic rings. The van der Waals surface area contributed by atoms with Gasteiger partial charge in [-0.15, -0.1) is 0 Å². The van der Waals surface area contributed by atoms with Crippen molar-refractivity contribution in [3.8, 4) is 0 Å². The van der Waals surface area contributed by atoms with Gasteiger partial charge in [0.25, 0.3) is 0 Å². The van der Waals surface area contributed by atoms with E-state index < -0.39 is 29.8 Å². The molecular formula is C17H25NO4. The van der Waals surface area contributed by atoms with E-state index >= 15 is 0 Å². The molecule has 2 N–H and O–H groups in total. The van der Waals surface area contributed by atoms with E-state index in [1.165, 1.54) is 6.92 Å².